The standard InChI is InChI=1S/C13H12BrNO2S/c14-11-6-8-18-12(11)13(17)15-10-3-1-9(2-4-10)5-7-16/h1-4,6,8,16H,5,7H2,(H,15,17). The fraction of sp³-hybridized carbons (Fsp3) is 0.154. The minimum absolute atomic E-state index is 0.119. The molecule has 0 atom stereocenters. The van der Waals surface area contributed by atoms with Crippen molar-refractivity contribution in [1.82, 2.24) is 0 Å². The summed E-state index contributed by atoms with van der Waals surface area (Å²) < 4.78 is 0.807. The molecule has 1 amide bonds. The van der Waals surface area contributed by atoms with Gasteiger partial charge in [0.1, 0.15) is 4.88 Å². The Morgan fingerprint density at radius 1 is 1.28 bits per heavy atom. The first-order valence-corrected chi connectivity index (χ1v) is 7.12. The molecule has 1 heterocycles. The molecule has 1 aromatic heterocycles. The van der Waals surface area contributed by atoms with E-state index in [4.69, 9.17) is 5.11 Å². The number of hydrogen-bond donors (Lipinski definition) is 2. The van der Waals surface area contributed by atoms with E-state index < -0.39 is 0 Å². The molecule has 0 unspecified atom stereocenters. The second-order valence-corrected chi connectivity index (χ2v) is 5.49. The molecule has 18 heavy (non-hydrogen) atoms. The third-order valence-electron chi connectivity index (χ3n) is 2.44. The lowest BCUT2D eigenvalue weighted by atomic mass is 10.1. The number of benzene rings is 1. The molecule has 0 bridgehead atoms. The van der Waals surface area contributed by atoms with Gasteiger partial charge in [0.25, 0.3) is 5.91 Å². The van der Waals surface area contributed by atoms with Crippen molar-refractivity contribution in [1.29, 1.82) is 0 Å². The van der Waals surface area contributed by atoms with Gasteiger partial charge in [0.05, 0.1) is 0 Å². The lowest BCUT2D eigenvalue weighted by molar-refractivity contribution is 0.103. The van der Waals surface area contributed by atoms with Gasteiger partial charge in [0.15, 0.2) is 0 Å². The highest BCUT2D eigenvalue weighted by atomic mass is 79.9. The number of carbonyl (C=O) groups is 1. The van der Waals surface area contributed by atoms with Crippen molar-refractivity contribution < 1.29 is 9.90 Å². The van der Waals surface area contributed by atoms with Crippen LogP contribution in [0.25, 0.3) is 0 Å². The highest BCUT2D eigenvalue weighted by molar-refractivity contribution is 9.10. The number of aliphatic hydroxyl groups excluding tert-OH is 1. The Balaban J connectivity index is 2.05. The number of thiophene rings is 1. The van der Waals surface area contributed by atoms with Crippen molar-refractivity contribution in [2.24, 2.45) is 0 Å². The Bertz CT molecular complexity index is 536. The molecule has 0 aliphatic heterocycles. The van der Waals surface area contributed by atoms with E-state index >= 15 is 0 Å². The number of anilines is 1. The van der Waals surface area contributed by atoms with Crippen molar-refractivity contribution in [3.8, 4) is 0 Å². The molecule has 0 aliphatic rings. The number of nitrogens with one attached hydrogen (secondary N) is 1. The summed E-state index contributed by atoms with van der Waals surface area (Å²) in [6, 6.07) is 9.32. The Kier molecular flexibility index (Phi) is 4.52. The molecular formula is C13H12BrNO2S. The summed E-state index contributed by atoms with van der Waals surface area (Å²) in [6.45, 7) is 0.133. The quantitative estimate of drug-likeness (QED) is 0.906. The second-order valence-electron chi connectivity index (χ2n) is 3.72. The number of rotatable bonds is 4. The SMILES string of the molecule is O=C(Nc1ccc(CCO)cc1)c1sccc1Br. The molecule has 2 N–H and O–H groups in total. The van der Waals surface area contributed by atoms with Gasteiger partial charge in [-0.2, -0.15) is 0 Å². The molecule has 0 saturated carbocycles. The van der Waals surface area contributed by atoms with Gasteiger partial charge in [-0.05, 0) is 51.5 Å². The van der Waals surface area contributed by atoms with Gasteiger partial charge in [-0.15, -0.1) is 11.3 Å². The molecule has 0 aliphatic carbocycles. The van der Waals surface area contributed by atoms with Crippen LogP contribution in [0, 0.1) is 0 Å². The van der Waals surface area contributed by atoms with E-state index in [9.17, 15) is 4.79 Å². The van der Waals surface area contributed by atoms with Crippen LogP contribution in [0.4, 0.5) is 5.69 Å². The van der Waals surface area contributed by atoms with Gasteiger partial charge < -0.3 is 10.4 Å². The van der Waals surface area contributed by atoms with Crippen LogP contribution in [0.5, 0.6) is 0 Å². The van der Waals surface area contributed by atoms with E-state index in [2.05, 4.69) is 21.2 Å². The first kappa shape index (κ1) is 13.3. The lowest BCUT2D eigenvalue weighted by Gasteiger charge is -2.05. The highest BCUT2D eigenvalue weighted by Gasteiger charge is 2.11. The van der Waals surface area contributed by atoms with Crippen molar-refractivity contribution in [3.63, 3.8) is 0 Å². The summed E-state index contributed by atoms with van der Waals surface area (Å²) >= 11 is 4.73. The molecule has 0 saturated heterocycles. The minimum atomic E-state index is -0.119. The van der Waals surface area contributed by atoms with Gasteiger partial charge in [-0.1, -0.05) is 12.1 Å². The monoisotopic (exact) mass is 325 g/mol. The van der Waals surface area contributed by atoms with Crippen LogP contribution >= 0.6 is 27.3 Å². The molecule has 2 aromatic rings. The third-order valence-corrected chi connectivity index (χ3v) is 4.27. The maximum atomic E-state index is 11.9. The number of amides is 1. The molecule has 0 spiro atoms. The molecule has 3 nitrogen and oxygen atoms in total. The van der Waals surface area contributed by atoms with E-state index in [1.54, 1.807) is 0 Å². The van der Waals surface area contributed by atoms with E-state index in [1.165, 1.54) is 11.3 Å². The Morgan fingerprint density at radius 3 is 2.56 bits per heavy atom. The topological polar surface area (TPSA) is 49.3 Å². The number of hydrogen-bond acceptors (Lipinski definition) is 3. The summed E-state index contributed by atoms with van der Waals surface area (Å²) in [4.78, 5) is 12.6. The fourth-order valence-corrected chi connectivity index (χ4v) is 2.97. The molecular weight excluding hydrogens is 314 g/mol. The van der Waals surface area contributed by atoms with Crippen molar-refractivity contribution >= 4 is 38.9 Å². The number of aliphatic hydroxyl groups is 1. The van der Waals surface area contributed by atoms with Crippen LogP contribution in [0.2, 0.25) is 0 Å². The number of carbonyl (C=O) groups excluding carboxylic acids is 1. The zero-order chi connectivity index (χ0) is 13.0. The van der Waals surface area contributed by atoms with Crippen LogP contribution < -0.4 is 5.32 Å². The molecule has 94 valence electrons. The van der Waals surface area contributed by atoms with Gasteiger partial charge in [0, 0.05) is 16.8 Å². The average molecular weight is 326 g/mol. The van der Waals surface area contributed by atoms with Crippen LogP contribution in [-0.2, 0) is 6.42 Å². The molecule has 0 radical (unpaired) electrons. The minimum Gasteiger partial charge on any atom is -0.396 e. The van der Waals surface area contributed by atoms with Gasteiger partial charge in [0.2, 0.25) is 0 Å². The average Bonchev–Trinajstić information content (AvgIpc) is 2.78. The van der Waals surface area contributed by atoms with E-state index in [1.807, 2.05) is 35.7 Å². The Morgan fingerprint density at radius 2 is 2.00 bits per heavy atom. The Hall–Kier alpha value is -1.17. The zero-order valence-corrected chi connectivity index (χ0v) is 11.9. The molecule has 5 heteroatoms. The van der Waals surface area contributed by atoms with Crippen molar-refractivity contribution in [2.75, 3.05) is 11.9 Å². The van der Waals surface area contributed by atoms with Crippen LogP contribution in [0.3, 0.4) is 0 Å². The van der Waals surface area contributed by atoms with E-state index in [0.717, 1.165) is 15.7 Å². The summed E-state index contributed by atoms with van der Waals surface area (Å²) in [6.07, 6.45) is 0.630. The van der Waals surface area contributed by atoms with E-state index in [0.29, 0.717) is 11.3 Å². The summed E-state index contributed by atoms with van der Waals surface area (Å²) in [5.41, 5.74) is 1.80. The largest absolute Gasteiger partial charge is 0.396 e. The first-order chi connectivity index (χ1) is 8.70. The predicted octanol–water partition coefficient (Wildman–Crippen LogP) is 3.30. The first-order valence-electron chi connectivity index (χ1n) is 5.45. The van der Waals surface area contributed by atoms with Gasteiger partial charge in [-0.3, -0.25) is 4.79 Å². The van der Waals surface area contributed by atoms with Crippen molar-refractivity contribution in [3.05, 3.63) is 50.6 Å². The summed E-state index contributed by atoms with van der Waals surface area (Å²) in [7, 11) is 0. The lowest BCUT2D eigenvalue weighted by Crippen LogP contribution is -2.10. The van der Waals surface area contributed by atoms with Crippen LogP contribution in [-0.4, -0.2) is 17.6 Å². The molecule has 0 fully saturated rings. The zero-order valence-electron chi connectivity index (χ0n) is 9.52. The maximum absolute atomic E-state index is 11.9. The van der Waals surface area contributed by atoms with Crippen LogP contribution in [0.1, 0.15) is 15.2 Å². The normalized spacial score (nSPS) is 10.3. The molecule has 2 rings (SSSR count). The van der Waals surface area contributed by atoms with E-state index in [-0.39, 0.29) is 12.5 Å². The smallest absolute Gasteiger partial charge is 0.266 e. The summed E-state index contributed by atoms with van der Waals surface area (Å²) in [5, 5.41) is 13.5. The number of halogens is 1. The molecule has 1 aromatic carbocycles. The Labute approximate surface area is 118 Å². The van der Waals surface area contributed by atoms with Crippen LogP contribution in [0.15, 0.2) is 40.2 Å². The highest BCUT2D eigenvalue weighted by Crippen LogP contribution is 2.23. The van der Waals surface area contributed by atoms with Gasteiger partial charge >= 0.3 is 0 Å². The van der Waals surface area contributed by atoms with Crippen molar-refractivity contribution in [2.45, 2.75) is 6.42 Å². The fourth-order valence-electron chi connectivity index (χ4n) is 1.53. The third kappa shape index (κ3) is 3.19. The predicted molar refractivity (Wildman–Crippen MR) is 77.2 cm³/mol. The summed E-state index contributed by atoms with van der Waals surface area (Å²) in [5.74, 6) is -0.119. The van der Waals surface area contributed by atoms with Gasteiger partial charge in [-0.25, -0.2) is 0 Å². The maximum Gasteiger partial charge on any atom is 0.266 e. The second kappa shape index (κ2) is 6.13.